The average Bonchev–Trinajstić information content (AvgIpc) is 0.811. The third kappa shape index (κ3) is 28.1. The molecule has 0 aliphatic rings. The summed E-state index contributed by atoms with van der Waals surface area (Å²) in [6.07, 6.45) is 0. The SMILES string of the molecule is F.[Cl][Sb]([Cl])[Cl]. The van der Waals surface area contributed by atoms with Crippen LogP contribution in [-0.2, 0) is 0 Å². The topological polar surface area (TPSA) is 0 Å². The van der Waals surface area contributed by atoms with Crippen molar-refractivity contribution in [3.05, 3.63) is 0 Å². The number of halogens is 4. The van der Waals surface area contributed by atoms with Crippen LogP contribution < -0.4 is 0 Å². The molecule has 0 heterocycles. The van der Waals surface area contributed by atoms with Crippen molar-refractivity contribution < 1.29 is 4.70 Å². The fourth-order valence-corrected chi connectivity index (χ4v) is 0. The molecule has 5 heteroatoms. The van der Waals surface area contributed by atoms with Crippen LogP contribution in [0.4, 0.5) is 4.70 Å². The average molecular weight is 248 g/mol. The predicted octanol–water partition coefficient (Wildman–Crippen LogP) is 1.84. The predicted molar refractivity (Wildman–Crippen MR) is 25.8 cm³/mol. The first-order valence-electron chi connectivity index (χ1n) is 0.507. The molecule has 0 bridgehead atoms. The summed E-state index contributed by atoms with van der Waals surface area (Å²) >= 11 is -2.03. The van der Waals surface area contributed by atoms with Gasteiger partial charge in [0.25, 0.3) is 0 Å². The zero-order valence-electron chi connectivity index (χ0n) is 1.99. The van der Waals surface area contributed by atoms with Gasteiger partial charge in [0.2, 0.25) is 0 Å². The molecule has 0 fully saturated rings. The van der Waals surface area contributed by atoms with Gasteiger partial charge in [-0.15, -0.1) is 0 Å². The summed E-state index contributed by atoms with van der Waals surface area (Å²) in [5.41, 5.74) is 0. The van der Waals surface area contributed by atoms with Gasteiger partial charge in [-0.2, -0.15) is 0 Å². The molecule has 0 aromatic rings. The molecule has 5 heavy (non-hydrogen) atoms. The molecular formula is HCl3FSb. The molecule has 0 unspecified atom stereocenters. The summed E-state index contributed by atoms with van der Waals surface area (Å²) in [6.45, 7) is 0. The second-order valence-electron chi connectivity index (χ2n) is 0.192. The normalized spacial score (nSPS) is 7.20. The van der Waals surface area contributed by atoms with E-state index >= 15 is 0 Å². The second kappa shape index (κ2) is 5.62. The first-order valence-corrected chi connectivity index (χ1v) is 10.2. The van der Waals surface area contributed by atoms with E-state index in [9.17, 15) is 0 Å². The van der Waals surface area contributed by atoms with Crippen LogP contribution in [0.15, 0.2) is 0 Å². The Balaban J connectivity index is 0. The van der Waals surface area contributed by atoms with Crippen molar-refractivity contribution in [2.75, 3.05) is 0 Å². The van der Waals surface area contributed by atoms with E-state index < -0.39 is 16.8 Å². The molecule has 0 radical (unpaired) electrons. The fraction of sp³-hybridized carbons (Fsp3) is 0. The van der Waals surface area contributed by atoms with Gasteiger partial charge in [-0.1, -0.05) is 0 Å². The maximum atomic E-state index is 4.99. The Morgan fingerprint density at radius 3 is 1.00 bits per heavy atom. The summed E-state index contributed by atoms with van der Waals surface area (Å²) in [4.78, 5) is 0. The second-order valence-corrected chi connectivity index (χ2v) is 11.6. The van der Waals surface area contributed by atoms with Gasteiger partial charge < -0.3 is 0 Å². The monoisotopic (exact) mass is 246 g/mol. The van der Waals surface area contributed by atoms with Crippen molar-refractivity contribution in [2.45, 2.75) is 0 Å². The van der Waals surface area contributed by atoms with Crippen molar-refractivity contribution in [2.24, 2.45) is 0 Å². The molecule has 0 atom stereocenters. The van der Waals surface area contributed by atoms with Gasteiger partial charge in [-0.3, -0.25) is 4.70 Å². The third-order valence-corrected chi connectivity index (χ3v) is 0. The molecule has 0 saturated heterocycles. The van der Waals surface area contributed by atoms with Crippen LogP contribution in [0, 0.1) is 0 Å². The van der Waals surface area contributed by atoms with Crippen LogP contribution in [0.2, 0.25) is 0 Å². The van der Waals surface area contributed by atoms with Crippen molar-refractivity contribution >= 4 is 43.3 Å². The van der Waals surface area contributed by atoms with Gasteiger partial charge in [0.1, 0.15) is 0 Å². The molecule has 0 aromatic carbocycles. The molecule has 0 aliphatic carbocycles. The minimum atomic E-state index is -2.03. The zero-order chi connectivity index (χ0) is 3.58. The van der Waals surface area contributed by atoms with Gasteiger partial charge in [-0.25, -0.2) is 0 Å². The molecular weight excluding hydrogens is 247 g/mol. The third-order valence-electron chi connectivity index (χ3n) is 0. The molecule has 0 saturated carbocycles. The van der Waals surface area contributed by atoms with Gasteiger partial charge in [-0.05, 0) is 0 Å². The Kier molecular flexibility index (Phi) is 11.0. The zero-order valence-corrected chi connectivity index (χ0v) is 6.81. The van der Waals surface area contributed by atoms with E-state index in [-0.39, 0.29) is 4.70 Å². The maximum absolute atomic E-state index is 4.99. The Bertz CT molecular complexity index is 11.6. The first-order chi connectivity index (χ1) is 1.73. The van der Waals surface area contributed by atoms with Gasteiger partial charge >= 0.3 is 43.3 Å². The Labute approximate surface area is 47.7 Å². The van der Waals surface area contributed by atoms with Crippen LogP contribution in [-0.4, -0.2) is 16.8 Å². The van der Waals surface area contributed by atoms with Crippen LogP contribution in [0.1, 0.15) is 0 Å². The Morgan fingerprint density at radius 2 is 1.00 bits per heavy atom. The summed E-state index contributed by atoms with van der Waals surface area (Å²) < 4.78 is 0. The standard InChI is InChI=1S/3ClH.FH.Sb/h4*1H;/q;;;;+3/p-3. The summed E-state index contributed by atoms with van der Waals surface area (Å²) in [5.74, 6) is 0. The van der Waals surface area contributed by atoms with Crippen molar-refractivity contribution in [3.63, 3.8) is 0 Å². The summed E-state index contributed by atoms with van der Waals surface area (Å²) in [5, 5.41) is 0. The van der Waals surface area contributed by atoms with Crippen molar-refractivity contribution in [1.82, 2.24) is 0 Å². The van der Waals surface area contributed by atoms with Crippen molar-refractivity contribution in [1.29, 1.82) is 0 Å². The van der Waals surface area contributed by atoms with E-state index in [1.54, 1.807) is 0 Å². The minimum absolute atomic E-state index is 0. The molecule has 0 aliphatic heterocycles. The van der Waals surface area contributed by atoms with Gasteiger partial charge in [0, 0.05) is 0 Å². The molecule has 0 nitrogen and oxygen atoms in total. The van der Waals surface area contributed by atoms with Crippen LogP contribution in [0.5, 0.6) is 0 Å². The van der Waals surface area contributed by atoms with Crippen LogP contribution in [0.25, 0.3) is 0 Å². The van der Waals surface area contributed by atoms with Crippen LogP contribution in [0.3, 0.4) is 0 Å². The fourth-order valence-electron chi connectivity index (χ4n) is 0. The first kappa shape index (κ1) is 9.79. The van der Waals surface area contributed by atoms with Crippen molar-refractivity contribution in [3.8, 4) is 0 Å². The molecule has 0 amide bonds. The molecule has 34 valence electrons. The number of hydrogen-bond donors (Lipinski definition) is 0. The quantitative estimate of drug-likeness (QED) is 0.574. The van der Waals surface area contributed by atoms with Gasteiger partial charge in [0.05, 0.1) is 0 Å². The van der Waals surface area contributed by atoms with Gasteiger partial charge in [0.15, 0.2) is 0 Å². The summed E-state index contributed by atoms with van der Waals surface area (Å²) in [7, 11) is 15.0. The van der Waals surface area contributed by atoms with E-state index in [2.05, 4.69) is 0 Å². The number of rotatable bonds is 0. The van der Waals surface area contributed by atoms with E-state index in [0.717, 1.165) is 0 Å². The van der Waals surface area contributed by atoms with Crippen LogP contribution >= 0.6 is 26.5 Å². The molecule has 0 aromatic heterocycles. The molecule has 0 N–H and O–H groups in total. The van der Waals surface area contributed by atoms with E-state index in [0.29, 0.717) is 0 Å². The molecule has 0 rings (SSSR count). The van der Waals surface area contributed by atoms with E-state index in [4.69, 9.17) is 26.5 Å². The van der Waals surface area contributed by atoms with E-state index in [1.165, 1.54) is 0 Å². The Hall–Kier alpha value is 1.62. The number of hydrogen-bond acceptors (Lipinski definition) is 0. The van der Waals surface area contributed by atoms with E-state index in [1.807, 2.05) is 0 Å². The Morgan fingerprint density at radius 1 is 1.00 bits per heavy atom. The molecule has 0 spiro atoms. The summed E-state index contributed by atoms with van der Waals surface area (Å²) in [6, 6.07) is 0.